The van der Waals surface area contributed by atoms with Gasteiger partial charge in [-0.3, -0.25) is 4.79 Å². The van der Waals surface area contributed by atoms with Gasteiger partial charge in [0.25, 0.3) is 0 Å². The maximum absolute atomic E-state index is 13.6. The molecule has 0 spiro atoms. The number of nitrogens with two attached hydrogens (primary N) is 1. The molecule has 1 unspecified atom stereocenters. The van der Waals surface area contributed by atoms with Crippen LogP contribution in [0.15, 0.2) is 57.8 Å². The smallest absolute Gasteiger partial charge is 0.232 e. The normalized spacial score (nSPS) is 17.7. The highest BCUT2D eigenvalue weighted by molar-refractivity contribution is 8.58. The molecule has 1 atom stereocenters. The molecule has 2 heterocycles. The Labute approximate surface area is 199 Å². The Morgan fingerprint density at radius 2 is 1.94 bits per heavy atom. The van der Waals surface area contributed by atoms with Crippen LogP contribution in [0.3, 0.4) is 0 Å². The fraction of sp³-hybridized carbons (Fsp3) is 0.364. The summed E-state index contributed by atoms with van der Waals surface area (Å²) >= 11 is 4.62. The largest absolute Gasteiger partial charge is 0.493 e. The third-order valence-electron chi connectivity index (χ3n) is 5.51. The van der Waals surface area contributed by atoms with E-state index in [9.17, 15) is 9.36 Å². The summed E-state index contributed by atoms with van der Waals surface area (Å²) in [6.45, 7) is 3.04. The van der Waals surface area contributed by atoms with E-state index >= 15 is 0 Å². The molecular weight excluding hydrogens is 483 g/mol. The molecule has 0 aliphatic carbocycles. The van der Waals surface area contributed by atoms with Gasteiger partial charge >= 0.3 is 0 Å². The van der Waals surface area contributed by atoms with Crippen molar-refractivity contribution in [3.63, 3.8) is 0 Å². The molecule has 1 aromatic heterocycles. The molecule has 6 nitrogen and oxygen atoms in total. The molecule has 1 amide bonds. The van der Waals surface area contributed by atoms with Gasteiger partial charge in [0.05, 0.1) is 16.8 Å². The number of ether oxygens (including phenoxy) is 2. The number of rotatable bonds is 9. The highest BCUT2D eigenvalue weighted by Crippen LogP contribution is 2.70. The summed E-state index contributed by atoms with van der Waals surface area (Å²) in [6, 6.07) is 15.6. The monoisotopic (exact) mass is 508 g/mol. The number of aromatic nitrogens is 1. The van der Waals surface area contributed by atoms with Crippen molar-refractivity contribution < 1.29 is 18.8 Å². The SMILES string of the molecule is CP(=O)(Sc1ccc(OCCSc2nc3ccccc3s2)cc1)C1(C(N)=O)CCOCC1. The van der Waals surface area contributed by atoms with E-state index in [1.54, 1.807) is 29.8 Å². The highest BCUT2D eigenvalue weighted by atomic mass is 32.7. The second-order valence-corrected chi connectivity index (χ2v) is 15.8. The first kappa shape index (κ1) is 23.6. The van der Waals surface area contributed by atoms with Crippen molar-refractivity contribution in [3.8, 4) is 5.75 Å². The van der Waals surface area contributed by atoms with E-state index < -0.39 is 17.4 Å². The lowest BCUT2D eigenvalue weighted by Crippen LogP contribution is -2.47. The standard InChI is InChI=1S/C22H25N2O4PS3/c1-29(26,22(20(23)25)10-12-27-13-11-22)32-17-8-6-16(7-9-17)28-14-15-30-21-24-18-4-2-3-5-19(18)31-21/h2-9H,10-15H2,1H3,(H2,23,25). The molecule has 1 fully saturated rings. The molecule has 0 radical (unpaired) electrons. The number of thiazole rings is 1. The van der Waals surface area contributed by atoms with Crippen molar-refractivity contribution in [1.29, 1.82) is 0 Å². The van der Waals surface area contributed by atoms with Crippen LogP contribution in [0, 0.1) is 0 Å². The van der Waals surface area contributed by atoms with E-state index in [0.717, 1.165) is 26.3 Å². The number of nitrogens with zero attached hydrogens (tertiary/aromatic N) is 1. The summed E-state index contributed by atoms with van der Waals surface area (Å²) in [5.74, 6) is 1.05. The summed E-state index contributed by atoms with van der Waals surface area (Å²) in [7, 11) is 0. The number of carbonyl (C=O) groups excluding carboxylic acids is 1. The Morgan fingerprint density at radius 1 is 1.22 bits per heavy atom. The molecule has 1 aliphatic rings. The lowest BCUT2D eigenvalue weighted by molar-refractivity contribution is -0.122. The maximum Gasteiger partial charge on any atom is 0.232 e. The van der Waals surface area contributed by atoms with Gasteiger partial charge in [0.15, 0.2) is 10.7 Å². The molecule has 2 N–H and O–H groups in total. The number of hydrogen-bond acceptors (Lipinski definition) is 8. The average molecular weight is 509 g/mol. The van der Waals surface area contributed by atoms with E-state index in [4.69, 9.17) is 15.2 Å². The van der Waals surface area contributed by atoms with Gasteiger partial charge in [0.2, 0.25) is 5.91 Å². The van der Waals surface area contributed by atoms with Crippen LogP contribution in [-0.2, 0) is 14.1 Å². The van der Waals surface area contributed by atoms with Crippen LogP contribution in [0.25, 0.3) is 10.2 Å². The summed E-state index contributed by atoms with van der Waals surface area (Å²) in [4.78, 5) is 17.7. The lowest BCUT2D eigenvalue weighted by atomic mass is 9.98. The lowest BCUT2D eigenvalue weighted by Gasteiger charge is -2.38. The van der Waals surface area contributed by atoms with Crippen LogP contribution >= 0.6 is 40.8 Å². The van der Waals surface area contributed by atoms with Crippen molar-refractivity contribution >= 4 is 56.9 Å². The zero-order chi connectivity index (χ0) is 22.6. The Morgan fingerprint density at radius 3 is 2.62 bits per heavy atom. The van der Waals surface area contributed by atoms with Gasteiger partial charge in [0, 0.05) is 23.9 Å². The number of thioether (sulfide) groups is 1. The zero-order valence-corrected chi connectivity index (χ0v) is 21.0. The number of para-hydroxylation sites is 1. The highest BCUT2D eigenvalue weighted by Gasteiger charge is 2.51. The number of benzene rings is 2. The van der Waals surface area contributed by atoms with E-state index in [-0.39, 0.29) is 0 Å². The molecule has 3 aromatic rings. The second kappa shape index (κ2) is 10.2. The number of hydrogen-bond donors (Lipinski definition) is 1. The molecule has 1 saturated heterocycles. The zero-order valence-electron chi connectivity index (χ0n) is 17.7. The molecule has 0 saturated carbocycles. The minimum atomic E-state index is -2.95. The van der Waals surface area contributed by atoms with Crippen molar-refractivity contribution in [3.05, 3.63) is 48.5 Å². The van der Waals surface area contributed by atoms with Gasteiger partial charge in [-0.1, -0.05) is 35.3 Å². The molecule has 32 heavy (non-hydrogen) atoms. The average Bonchev–Trinajstić information content (AvgIpc) is 3.21. The van der Waals surface area contributed by atoms with E-state index in [2.05, 4.69) is 11.1 Å². The summed E-state index contributed by atoms with van der Waals surface area (Å²) < 4.78 is 27.0. The Balaban J connectivity index is 1.30. The van der Waals surface area contributed by atoms with Gasteiger partial charge in [-0.2, -0.15) is 0 Å². The van der Waals surface area contributed by atoms with Crippen LogP contribution in [0.4, 0.5) is 0 Å². The fourth-order valence-corrected chi connectivity index (χ4v) is 10.7. The number of amides is 1. The van der Waals surface area contributed by atoms with Crippen LogP contribution in [0.1, 0.15) is 12.8 Å². The minimum Gasteiger partial charge on any atom is -0.493 e. The van der Waals surface area contributed by atoms with Crippen LogP contribution in [0.2, 0.25) is 0 Å². The molecule has 10 heteroatoms. The number of carbonyl (C=O) groups is 1. The van der Waals surface area contributed by atoms with Crippen molar-refractivity contribution in [2.75, 3.05) is 32.2 Å². The Hall–Kier alpha value is -1.51. The van der Waals surface area contributed by atoms with Gasteiger partial charge in [-0.05, 0) is 55.9 Å². The van der Waals surface area contributed by atoms with Crippen molar-refractivity contribution in [1.82, 2.24) is 4.98 Å². The fourth-order valence-electron chi connectivity index (χ4n) is 3.65. The summed E-state index contributed by atoms with van der Waals surface area (Å²) in [5, 5.41) is -1.01. The van der Waals surface area contributed by atoms with Gasteiger partial charge < -0.3 is 19.8 Å². The van der Waals surface area contributed by atoms with Crippen LogP contribution in [-0.4, -0.2) is 48.3 Å². The maximum atomic E-state index is 13.6. The third kappa shape index (κ3) is 5.18. The molecule has 2 aromatic carbocycles. The molecule has 4 rings (SSSR count). The topological polar surface area (TPSA) is 91.5 Å². The first-order chi connectivity index (χ1) is 15.4. The summed E-state index contributed by atoms with van der Waals surface area (Å²) in [5.41, 5.74) is 6.72. The van der Waals surface area contributed by atoms with Gasteiger partial charge in [0.1, 0.15) is 10.9 Å². The molecular formula is C22H25N2O4PS3. The molecule has 1 aliphatic heterocycles. The second-order valence-electron chi connectivity index (χ2n) is 7.56. The third-order valence-corrected chi connectivity index (χ3v) is 13.4. The van der Waals surface area contributed by atoms with Crippen molar-refractivity contribution in [2.45, 2.75) is 27.2 Å². The van der Waals surface area contributed by atoms with Gasteiger partial charge in [-0.25, -0.2) is 4.98 Å². The van der Waals surface area contributed by atoms with E-state index in [0.29, 0.717) is 32.7 Å². The van der Waals surface area contributed by atoms with Crippen LogP contribution < -0.4 is 10.5 Å². The number of primary amides is 1. The predicted octanol–water partition coefficient (Wildman–Crippen LogP) is 5.50. The predicted molar refractivity (Wildman–Crippen MR) is 134 cm³/mol. The minimum absolute atomic E-state index is 0.399. The van der Waals surface area contributed by atoms with Crippen molar-refractivity contribution in [2.24, 2.45) is 5.73 Å². The molecule has 170 valence electrons. The first-order valence-electron chi connectivity index (χ1n) is 10.3. The van der Waals surface area contributed by atoms with Crippen LogP contribution in [0.5, 0.6) is 5.75 Å². The quantitative estimate of drug-likeness (QED) is 0.232. The Bertz CT molecular complexity index is 1100. The number of fused-ring (bicyclic) bond motifs is 1. The Kier molecular flexibility index (Phi) is 7.52. The van der Waals surface area contributed by atoms with Gasteiger partial charge in [-0.15, -0.1) is 11.3 Å². The van der Waals surface area contributed by atoms with E-state index in [1.165, 1.54) is 16.1 Å². The van der Waals surface area contributed by atoms with E-state index in [1.807, 2.05) is 42.5 Å². The molecule has 0 bridgehead atoms. The summed E-state index contributed by atoms with van der Waals surface area (Å²) in [6.07, 6.45) is -2.15. The first-order valence-corrected chi connectivity index (χ1v) is 15.6.